The predicted octanol–water partition coefficient (Wildman–Crippen LogP) is 4.71. The Balaban J connectivity index is 2.10. The molecule has 0 fully saturated rings. The van der Waals surface area contributed by atoms with Gasteiger partial charge < -0.3 is 4.90 Å². The van der Waals surface area contributed by atoms with Crippen LogP contribution in [-0.4, -0.2) is 21.5 Å². The summed E-state index contributed by atoms with van der Waals surface area (Å²) in [6.45, 7) is 10.6. The van der Waals surface area contributed by atoms with Crippen molar-refractivity contribution < 1.29 is 0 Å². The Morgan fingerprint density at radius 1 is 0.960 bits per heavy atom. The summed E-state index contributed by atoms with van der Waals surface area (Å²) >= 11 is 0. The van der Waals surface area contributed by atoms with E-state index in [9.17, 15) is 0 Å². The highest BCUT2D eigenvalue weighted by Crippen LogP contribution is 2.41. The first-order valence-corrected chi connectivity index (χ1v) is 8.89. The minimum absolute atomic E-state index is 0.133. The molecule has 0 unspecified atom stereocenters. The largest absolute Gasteiger partial charge is 0.367 e. The summed E-state index contributed by atoms with van der Waals surface area (Å²) in [6, 6.07) is 17.2. The Labute approximate surface area is 149 Å². The van der Waals surface area contributed by atoms with Gasteiger partial charge in [0, 0.05) is 29.9 Å². The lowest BCUT2D eigenvalue weighted by molar-refractivity contribution is 0.351. The highest BCUT2D eigenvalue weighted by atomic mass is 15.5. The third-order valence-electron chi connectivity index (χ3n) is 4.82. The second-order valence-corrected chi connectivity index (χ2v) is 7.56. The van der Waals surface area contributed by atoms with E-state index < -0.39 is 0 Å². The van der Waals surface area contributed by atoms with Gasteiger partial charge in [-0.15, -0.1) is 5.10 Å². The van der Waals surface area contributed by atoms with Gasteiger partial charge in [-0.25, -0.2) is 4.68 Å². The molecular weight excluding hydrogens is 308 g/mol. The molecule has 2 heterocycles. The van der Waals surface area contributed by atoms with Gasteiger partial charge in [-0.2, -0.15) is 0 Å². The minimum atomic E-state index is -0.133. The van der Waals surface area contributed by atoms with Gasteiger partial charge in [0.25, 0.3) is 0 Å². The number of aromatic nitrogens is 3. The quantitative estimate of drug-likeness (QED) is 0.647. The van der Waals surface area contributed by atoms with E-state index >= 15 is 0 Å². The molecule has 0 aliphatic carbocycles. The molecule has 1 aliphatic rings. The highest BCUT2D eigenvalue weighted by Gasteiger charge is 2.29. The lowest BCUT2D eigenvalue weighted by atomic mass is 9.94. The van der Waals surface area contributed by atoms with Gasteiger partial charge in [-0.3, -0.25) is 0 Å². The van der Waals surface area contributed by atoms with Crippen molar-refractivity contribution in [2.24, 2.45) is 0 Å². The summed E-state index contributed by atoms with van der Waals surface area (Å²) < 4.78 is 2.07. The summed E-state index contributed by atoms with van der Waals surface area (Å²) in [5.74, 6) is 0. The van der Waals surface area contributed by atoms with E-state index in [2.05, 4.69) is 96.1 Å². The summed E-state index contributed by atoms with van der Waals surface area (Å²) in [5.41, 5.74) is 6.87. The van der Waals surface area contributed by atoms with E-state index in [1.165, 1.54) is 16.8 Å². The van der Waals surface area contributed by atoms with Crippen LogP contribution in [0.5, 0.6) is 0 Å². The predicted molar refractivity (Wildman–Crippen MR) is 103 cm³/mol. The molecule has 1 aromatic heterocycles. The topological polar surface area (TPSA) is 34.0 Å². The molecule has 0 amide bonds. The van der Waals surface area contributed by atoms with E-state index in [1.54, 1.807) is 0 Å². The van der Waals surface area contributed by atoms with Crippen LogP contribution >= 0.6 is 0 Å². The summed E-state index contributed by atoms with van der Waals surface area (Å²) in [4.78, 5) is 2.41. The zero-order chi connectivity index (χ0) is 17.6. The van der Waals surface area contributed by atoms with E-state index in [-0.39, 0.29) is 5.54 Å². The molecule has 0 spiro atoms. The van der Waals surface area contributed by atoms with Crippen molar-refractivity contribution in [2.75, 3.05) is 11.4 Å². The first-order chi connectivity index (χ1) is 12.0. The molecule has 4 nitrogen and oxygen atoms in total. The Kier molecular flexibility index (Phi) is 3.64. The lowest BCUT2D eigenvalue weighted by Crippen LogP contribution is -2.26. The molecule has 25 heavy (non-hydrogen) atoms. The van der Waals surface area contributed by atoms with Crippen LogP contribution in [0.4, 0.5) is 5.69 Å². The van der Waals surface area contributed by atoms with Crippen LogP contribution in [0, 0.1) is 0 Å². The molecule has 0 N–H and O–H groups in total. The van der Waals surface area contributed by atoms with Crippen molar-refractivity contribution >= 4 is 5.69 Å². The lowest BCUT2D eigenvalue weighted by Gasteiger charge is -2.30. The highest BCUT2D eigenvalue weighted by molar-refractivity contribution is 5.88. The monoisotopic (exact) mass is 332 g/mol. The molecule has 4 rings (SSSR count). The Morgan fingerprint density at radius 2 is 1.64 bits per heavy atom. The molecule has 0 atom stereocenters. The van der Waals surface area contributed by atoms with E-state index in [4.69, 9.17) is 0 Å². The summed E-state index contributed by atoms with van der Waals surface area (Å²) in [6.07, 6.45) is 0. The second-order valence-electron chi connectivity index (χ2n) is 7.56. The molecule has 3 aromatic rings. The average molecular weight is 332 g/mol. The van der Waals surface area contributed by atoms with Crippen LogP contribution in [0.2, 0.25) is 0 Å². The molecular formula is C21H24N4. The molecule has 128 valence electrons. The smallest absolute Gasteiger partial charge is 0.123 e. The molecule has 2 aromatic carbocycles. The van der Waals surface area contributed by atoms with Gasteiger partial charge in [0.1, 0.15) is 5.69 Å². The first-order valence-electron chi connectivity index (χ1n) is 8.89. The van der Waals surface area contributed by atoms with Crippen LogP contribution < -0.4 is 4.90 Å². The average Bonchev–Trinajstić information content (AvgIpc) is 3.03. The SMILES string of the molecule is CCN1Cc2ccccc2-c2c(nnn2C(C)(C)C)-c2ccccc21. The molecule has 0 saturated heterocycles. The number of benzene rings is 2. The molecule has 4 heteroatoms. The number of para-hydroxylation sites is 1. The number of nitrogens with zero attached hydrogens (tertiary/aromatic N) is 4. The van der Waals surface area contributed by atoms with Gasteiger partial charge >= 0.3 is 0 Å². The van der Waals surface area contributed by atoms with E-state index in [0.29, 0.717) is 0 Å². The van der Waals surface area contributed by atoms with Crippen LogP contribution in [0.15, 0.2) is 48.5 Å². The van der Waals surface area contributed by atoms with Crippen molar-refractivity contribution in [1.82, 2.24) is 15.0 Å². The number of anilines is 1. The van der Waals surface area contributed by atoms with Gasteiger partial charge in [-0.05, 0) is 39.3 Å². The third kappa shape index (κ3) is 2.53. The van der Waals surface area contributed by atoms with Crippen LogP contribution in [0.25, 0.3) is 22.5 Å². The van der Waals surface area contributed by atoms with Crippen LogP contribution in [0.3, 0.4) is 0 Å². The van der Waals surface area contributed by atoms with Gasteiger partial charge in [0.2, 0.25) is 0 Å². The number of rotatable bonds is 1. The van der Waals surface area contributed by atoms with E-state index in [1.807, 2.05) is 0 Å². The van der Waals surface area contributed by atoms with Crippen molar-refractivity contribution in [2.45, 2.75) is 39.8 Å². The Bertz CT molecular complexity index is 918. The van der Waals surface area contributed by atoms with Gasteiger partial charge in [0.15, 0.2) is 0 Å². The Morgan fingerprint density at radius 3 is 2.36 bits per heavy atom. The van der Waals surface area contributed by atoms with Gasteiger partial charge in [-0.1, -0.05) is 47.7 Å². The summed E-state index contributed by atoms with van der Waals surface area (Å²) in [5, 5.41) is 9.17. The standard InChI is InChI=1S/C21H24N4/c1-5-24-14-15-10-6-7-11-16(15)20-19(17-12-8-9-13-18(17)24)22-23-25(20)21(2,3)4/h6-13H,5,14H2,1-4H3. The Hall–Kier alpha value is -2.62. The normalized spacial score (nSPS) is 13.5. The number of hydrogen-bond acceptors (Lipinski definition) is 3. The fourth-order valence-electron chi connectivity index (χ4n) is 3.59. The molecule has 0 saturated carbocycles. The number of fused-ring (bicyclic) bond motifs is 5. The van der Waals surface area contributed by atoms with E-state index in [0.717, 1.165) is 30.0 Å². The first kappa shape index (κ1) is 15.9. The maximum absolute atomic E-state index is 4.62. The zero-order valence-corrected chi connectivity index (χ0v) is 15.3. The fraction of sp³-hybridized carbons (Fsp3) is 0.333. The van der Waals surface area contributed by atoms with Crippen molar-refractivity contribution in [3.05, 3.63) is 54.1 Å². The molecule has 0 bridgehead atoms. The van der Waals surface area contributed by atoms with Gasteiger partial charge in [0.05, 0.1) is 11.2 Å². The maximum Gasteiger partial charge on any atom is 0.123 e. The number of hydrogen-bond donors (Lipinski definition) is 0. The summed E-state index contributed by atoms with van der Waals surface area (Å²) in [7, 11) is 0. The zero-order valence-electron chi connectivity index (χ0n) is 15.3. The van der Waals surface area contributed by atoms with Crippen molar-refractivity contribution in [1.29, 1.82) is 0 Å². The molecule has 0 radical (unpaired) electrons. The van der Waals surface area contributed by atoms with Crippen molar-refractivity contribution in [3.8, 4) is 22.5 Å². The van der Waals surface area contributed by atoms with Crippen LogP contribution in [-0.2, 0) is 12.1 Å². The third-order valence-corrected chi connectivity index (χ3v) is 4.82. The van der Waals surface area contributed by atoms with Crippen LogP contribution in [0.1, 0.15) is 33.3 Å². The van der Waals surface area contributed by atoms with Crippen molar-refractivity contribution in [3.63, 3.8) is 0 Å². The minimum Gasteiger partial charge on any atom is -0.367 e. The fourth-order valence-corrected chi connectivity index (χ4v) is 3.59. The second kappa shape index (κ2) is 5.73. The molecule has 1 aliphatic heterocycles. The maximum atomic E-state index is 4.62.